The van der Waals surface area contributed by atoms with Gasteiger partial charge in [-0.15, -0.1) is 0 Å². The van der Waals surface area contributed by atoms with Crippen molar-refractivity contribution in [1.29, 1.82) is 5.26 Å². The first-order chi connectivity index (χ1) is 12.4. The molecule has 1 fully saturated rings. The molecule has 3 rings (SSSR count). The summed E-state index contributed by atoms with van der Waals surface area (Å²) in [6.07, 6.45) is 1.66. The Labute approximate surface area is 163 Å². The molecule has 2 aromatic rings. The van der Waals surface area contributed by atoms with Gasteiger partial charge in [0.05, 0.1) is 16.4 Å². The largest absolute Gasteiger partial charge is 0.243 e. The van der Waals surface area contributed by atoms with Gasteiger partial charge in [0.1, 0.15) is 0 Å². The molecule has 0 aromatic heterocycles. The summed E-state index contributed by atoms with van der Waals surface area (Å²) in [6, 6.07) is 17.4. The number of nitriles is 1. The van der Waals surface area contributed by atoms with E-state index in [-0.39, 0.29) is 0 Å². The second-order valence-electron chi connectivity index (χ2n) is 6.57. The first-order valence-corrected chi connectivity index (χ1v) is 10.9. The lowest BCUT2D eigenvalue weighted by Crippen LogP contribution is -2.44. The Kier molecular flexibility index (Phi) is 5.52. The third-order valence-electron chi connectivity index (χ3n) is 5.14. The van der Waals surface area contributed by atoms with E-state index in [1.807, 2.05) is 43.3 Å². The van der Waals surface area contributed by atoms with E-state index in [4.69, 9.17) is 0 Å². The molecule has 1 aliphatic rings. The fourth-order valence-electron chi connectivity index (χ4n) is 3.55. The highest BCUT2D eigenvalue weighted by Gasteiger charge is 2.40. The number of halogens is 1. The second kappa shape index (κ2) is 7.51. The number of piperidine rings is 1. The van der Waals surface area contributed by atoms with Gasteiger partial charge in [-0.05, 0) is 48.6 Å². The number of benzene rings is 2. The van der Waals surface area contributed by atoms with Crippen LogP contribution in [0.15, 0.2) is 57.9 Å². The zero-order valence-corrected chi connectivity index (χ0v) is 17.1. The monoisotopic (exact) mass is 432 g/mol. The zero-order chi connectivity index (χ0) is 18.8. The van der Waals surface area contributed by atoms with Crippen LogP contribution in [-0.4, -0.2) is 25.8 Å². The topological polar surface area (TPSA) is 61.2 Å². The van der Waals surface area contributed by atoms with Crippen LogP contribution in [0, 0.1) is 11.3 Å². The maximum atomic E-state index is 13.1. The van der Waals surface area contributed by atoms with E-state index in [2.05, 4.69) is 22.0 Å². The predicted molar refractivity (Wildman–Crippen MR) is 105 cm³/mol. The van der Waals surface area contributed by atoms with Crippen molar-refractivity contribution in [2.24, 2.45) is 0 Å². The number of hydrogen-bond donors (Lipinski definition) is 0. The van der Waals surface area contributed by atoms with Gasteiger partial charge < -0.3 is 0 Å². The minimum atomic E-state index is -3.56. The van der Waals surface area contributed by atoms with Gasteiger partial charge >= 0.3 is 0 Å². The minimum Gasteiger partial charge on any atom is -0.207 e. The van der Waals surface area contributed by atoms with Crippen molar-refractivity contribution in [2.75, 3.05) is 13.1 Å². The van der Waals surface area contributed by atoms with Gasteiger partial charge in [-0.2, -0.15) is 9.57 Å². The Balaban J connectivity index is 1.87. The Bertz CT molecular complexity index is 928. The molecule has 0 unspecified atom stereocenters. The average Bonchev–Trinajstić information content (AvgIpc) is 2.68. The van der Waals surface area contributed by atoms with Crippen molar-refractivity contribution >= 4 is 26.0 Å². The second-order valence-corrected chi connectivity index (χ2v) is 9.39. The molecule has 0 N–H and O–H groups in total. The molecule has 1 aliphatic heterocycles. The van der Waals surface area contributed by atoms with Gasteiger partial charge in [0.25, 0.3) is 0 Å². The molecule has 0 saturated carbocycles. The summed E-state index contributed by atoms with van der Waals surface area (Å²) in [6.45, 7) is 2.65. The van der Waals surface area contributed by atoms with Gasteiger partial charge in [0.15, 0.2) is 0 Å². The van der Waals surface area contributed by atoms with Crippen LogP contribution in [0.1, 0.15) is 30.9 Å². The molecule has 2 aromatic carbocycles. The maximum Gasteiger partial charge on any atom is 0.243 e. The number of sulfonamides is 1. The number of nitrogens with zero attached hydrogens (tertiary/aromatic N) is 2. The fourth-order valence-corrected chi connectivity index (χ4v) is 5.67. The summed E-state index contributed by atoms with van der Waals surface area (Å²) >= 11 is 3.41. The molecular formula is C20H21BrN2O2S. The van der Waals surface area contributed by atoms with Crippen LogP contribution in [0.2, 0.25) is 0 Å². The highest BCUT2D eigenvalue weighted by atomic mass is 79.9. The Morgan fingerprint density at radius 3 is 2.38 bits per heavy atom. The van der Waals surface area contributed by atoms with E-state index >= 15 is 0 Å². The summed E-state index contributed by atoms with van der Waals surface area (Å²) < 4.78 is 28.7. The summed E-state index contributed by atoms with van der Waals surface area (Å²) in [7, 11) is -3.56. The summed E-state index contributed by atoms with van der Waals surface area (Å²) in [4.78, 5) is 0.368. The molecule has 136 valence electrons. The molecule has 0 radical (unpaired) electrons. The Morgan fingerprint density at radius 2 is 1.81 bits per heavy atom. The van der Waals surface area contributed by atoms with Crippen molar-refractivity contribution < 1.29 is 8.42 Å². The fraction of sp³-hybridized carbons (Fsp3) is 0.350. The van der Waals surface area contributed by atoms with Gasteiger partial charge in [-0.1, -0.05) is 53.2 Å². The van der Waals surface area contributed by atoms with Crippen LogP contribution >= 0.6 is 15.9 Å². The van der Waals surface area contributed by atoms with Crippen molar-refractivity contribution in [1.82, 2.24) is 4.31 Å². The third-order valence-corrected chi connectivity index (χ3v) is 7.63. The third kappa shape index (κ3) is 3.44. The van der Waals surface area contributed by atoms with Crippen molar-refractivity contribution in [3.63, 3.8) is 0 Å². The van der Waals surface area contributed by atoms with E-state index < -0.39 is 15.4 Å². The number of rotatable bonds is 4. The molecule has 1 heterocycles. The average molecular weight is 433 g/mol. The molecule has 0 spiro atoms. The van der Waals surface area contributed by atoms with Gasteiger partial charge in [0.2, 0.25) is 10.0 Å². The van der Waals surface area contributed by atoms with E-state index in [0.29, 0.717) is 37.2 Å². The van der Waals surface area contributed by atoms with Crippen molar-refractivity contribution in [3.05, 3.63) is 64.1 Å². The van der Waals surface area contributed by atoms with Crippen molar-refractivity contribution in [3.8, 4) is 6.07 Å². The van der Waals surface area contributed by atoms with Gasteiger partial charge in [-0.25, -0.2) is 8.42 Å². The lowest BCUT2D eigenvalue weighted by Gasteiger charge is -2.37. The number of aryl methyl sites for hydroxylation is 1. The number of hydrogen-bond acceptors (Lipinski definition) is 3. The van der Waals surface area contributed by atoms with Gasteiger partial charge in [0, 0.05) is 17.6 Å². The standard InChI is InChI=1S/C20H21BrN2O2S/c1-2-16-14-18(21)8-9-19(16)26(24,25)23-12-10-20(15-22,11-13-23)17-6-4-3-5-7-17/h3-9,14H,2,10-13H2,1H3. The van der Waals surface area contributed by atoms with Crippen LogP contribution in [-0.2, 0) is 21.9 Å². The molecule has 6 heteroatoms. The zero-order valence-electron chi connectivity index (χ0n) is 14.7. The molecule has 0 atom stereocenters. The summed E-state index contributed by atoms with van der Waals surface area (Å²) in [5.41, 5.74) is 1.16. The molecular weight excluding hydrogens is 412 g/mol. The molecule has 0 aliphatic carbocycles. The maximum absolute atomic E-state index is 13.1. The Hall–Kier alpha value is -1.68. The Morgan fingerprint density at radius 1 is 1.15 bits per heavy atom. The summed E-state index contributed by atoms with van der Waals surface area (Å²) in [5, 5.41) is 9.79. The normalized spacial score (nSPS) is 17.6. The molecule has 1 saturated heterocycles. The first-order valence-electron chi connectivity index (χ1n) is 8.68. The van der Waals surface area contributed by atoms with E-state index in [1.165, 1.54) is 4.31 Å². The quantitative estimate of drug-likeness (QED) is 0.724. The highest BCUT2D eigenvalue weighted by molar-refractivity contribution is 9.10. The lowest BCUT2D eigenvalue weighted by molar-refractivity contribution is 0.277. The SMILES string of the molecule is CCc1cc(Br)ccc1S(=O)(=O)N1CCC(C#N)(c2ccccc2)CC1. The highest BCUT2D eigenvalue weighted by Crippen LogP contribution is 2.37. The van der Waals surface area contributed by atoms with Crippen LogP contribution in [0.5, 0.6) is 0 Å². The van der Waals surface area contributed by atoms with Crippen LogP contribution in [0.3, 0.4) is 0 Å². The van der Waals surface area contributed by atoms with E-state index in [1.54, 1.807) is 12.1 Å². The predicted octanol–water partition coefficient (Wildman–Crippen LogP) is 4.26. The molecule has 0 amide bonds. The summed E-state index contributed by atoms with van der Waals surface area (Å²) in [5.74, 6) is 0. The van der Waals surface area contributed by atoms with Gasteiger partial charge in [-0.3, -0.25) is 0 Å². The lowest BCUT2D eigenvalue weighted by atomic mass is 9.74. The molecule has 0 bridgehead atoms. The first kappa shape index (κ1) is 19.1. The van der Waals surface area contributed by atoms with Crippen LogP contribution in [0.4, 0.5) is 0 Å². The van der Waals surface area contributed by atoms with E-state index in [9.17, 15) is 13.7 Å². The smallest absolute Gasteiger partial charge is 0.207 e. The molecule has 26 heavy (non-hydrogen) atoms. The van der Waals surface area contributed by atoms with Crippen LogP contribution < -0.4 is 0 Å². The van der Waals surface area contributed by atoms with Crippen molar-refractivity contribution in [2.45, 2.75) is 36.5 Å². The van der Waals surface area contributed by atoms with E-state index in [0.717, 1.165) is 15.6 Å². The van der Waals surface area contributed by atoms with Crippen LogP contribution in [0.25, 0.3) is 0 Å². The minimum absolute atomic E-state index is 0.351. The molecule has 4 nitrogen and oxygen atoms in total.